The maximum Gasteiger partial charge on any atom is 0.178 e. The molecule has 0 amide bonds. The highest BCUT2D eigenvalue weighted by atomic mass is 32.2. The van der Waals surface area contributed by atoms with Crippen LogP contribution in [0.5, 0.6) is 0 Å². The predicted molar refractivity (Wildman–Crippen MR) is 65.8 cm³/mol. The Balaban J connectivity index is 2.54. The van der Waals surface area contributed by atoms with Gasteiger partial charge in [-0.15, -0.1) is 11.8 Å². The van der Waals surface area contributed by atoms with E-state index in [-0.39, 0.29) is 5.75 Å². The normalized spacial score (nSPS) is 10.6. The van der Waals surface area contributed by atoms with Crippen molar-refractivity contribution in [2.75, 3.05) is 5.75 Å². The fourth-order valence-corrected chi connectivity index (χ4v) is 2.64. The number of sulfone groups is 1. The van der Waals surface area contributed by atoms with Crippen LogP contribution in [0.2, 0.25) is 0 Å². The Kier molecular flexibility index (Phi) is 5.07. The zero-order valence-corrected chi connectivity index (χ0v) is 10.3. The minimum atomic E-state index is -3.12. The van der Waals surface area contributed by atoms with Crippen LogP contribution in [0, 0.1) is 11.8 Å². The standard InChI is InChI=1S/C13H16O2S/c1-2-3-4-5-9-12-16(14,15)13-10-7-6-8-11-13/h6-8,10-11H,2,5,9,12H2,1H3. The lowest BCUT2D eigenvalue weighted by Gasteiger charge is -2.01. The molecule has 0 aromatic heterocycles. The molecule has 0 saturated heterocycles. The van der Waals surface area contributed by atoms with Crippen molar-refractivity contribution in [3.63, 3.8) is 0 Å². The molecule has 0 fully saturated rings. The van der Waals surface area contributed by atoms with Gasteiger partial charge in [-0.3, -0.25) is 0 Å². The molecule has 86 valence electrons. The van der Waals surface area contributed by atoms with Crippen LogP contribution in [0.3, 0.4) is 0 Å². The van der Waals surface area contributed by atoms with Gasteiger partial charge in [-0.05, 0) is 18.6 Å². The summed E-state index contributed by atoms with van der Waals surface area (Å²) in [5.41, 5.74) is 0. The van der Waals surface area contributed by atoms with Gasteiger partial charge in [0.2, 0.25) is 0 Å². The van der Waals surface area contributed by atoms with Gasteiger partial charge in [-0.1, -0.05) is 25.1 Å². The third kappa shape index (κ3) is 4.08. The Hall–Kier alpha value is -1.27. The molecule has 3 heteroatoms. The first-order chi connectivity index (χ1) is 7.67. The molecule has 1 rings (SSSR count). The molecule has 16 heavy (non-hydrogen) atoms. The molecule has 1 aromatic rings. The Morgan fingerprint density at radius 2 is 1.81 bits per heavy atom. The summed E-state index contributed by atoms with van der Waals surface area (Å²) < 4.78 is 23.6. The molecule has 0 unspecified atom stereocenters. The monoisotopic (exact) mass is 236 g/mol. The van der Waals surface area contributed by atoms with Crippen LogP contribution in [-0.2, 0) is 9.84 Å². The van der Waals surface area contributed by atoms with Crippen molar-refractivity contribution in [2.24, 2.45) is 0 Å². The van der Waals surface area contributed by atoms with Gasteiger partial charge in [0.05, 0.1) is 10.6 Å². The van der Waals surface area contributed by atoms with E-state index in [4.69, 9.17) is 0 Å². The van der Waals surface area contributed by atoms with E-state index in [2.05, 4.69) is 11.8 Å². The second-order valence-corrected chi connectivity index (χ2v) is 5.55. The minimum absolute atomic E-state index is 0.176. The summed E-state index contributed by atoms with van der Waals surface area (Å²) in [5, 5.41) is 0. The molecule has 0 spiro atoms. The van der Waals surface area contributed by atoms with Crippen LogP contribution in [0.25, 0.3) is 0 Å². The molecule has 0 atom stereocenters. The van der Waals surface area contributed by atoms with Crippen LogP contribution < -0.4 is 0 Å². The van der Waals surface area contributed by atoms with Crippen molar-refractivity contribution in [1.82, 2.24) is 0 Å². The Morgan fingerprint density at radius 1 is 1.12 bits per heavy atom. The average Bonchev–Trinajstić information content (AvgIpc) is 2.30. The summed E-state index contributed by atoms with van der Waals surface area (Å²) in [5.74, 6) is 6.05. The number of hydrogen-bond donors (Lipinski definition) is 0. The molecule has 0 aliphatic carbocycles. The third-order valence-electron chi connectivity index (χ3n) is 2.12. The van der Waals surface area contributed by atoms with Crippen molar-refractivity contribution in [3.8, 4) is 11.8 Å². The lowest BCUT2D eigenvalue weighted by molar-refractivity contribution is 0.594. The van der Waals surface area contributed by atoms with Crippen molar-refractivity contribution in [2.45, 2.75) is 31.1 Å². The summed E-state index contributed by atoms with van der Waals surface area (Å²) in [7, 11) is -3.12. The second-order valence-electron chi connectivity index (χ2n) is 3.44. The van der Waals surface area contributed by atoms with E-state index in [1.807, 2.05) is 13.0 Å². The summed E-state index contributed by atoms with van der Waals surface area (Å²) >= 11 is 0. The van der Waals surface area contributed by atoms with Crippen LogP contribution in [-0.4, -0.2) is 14.2 Å². The number of unbranched alkanes of at least 4 members (excludes halogenated alkanes) is 1. The van der Waals surface area contributed by atoms with Gasteiger partial charge in [0.25, 0.3) is 0 Å². The molecule has 0 aliphatic heterocycles. The van der Waals surface area contributed by atoms with Gasteiger partial charge in [-0.25, -0.2) is 8.42 Å². The SMILES string of the molecule is CCC#CCCCS(=O)(=O)c1ccccc1. The number of rotatable bonds is 4. The molecule has 0 aliphatic rings. The summed E-state index contributed by atoms with van der Waals surface area (Å²) in [6, 6.07) is 8.55. The lowest BCUT2D eigenvalue weighted by atomic mass is 10.3. The van der Waals surface area contributed by atoms with Gasteiger partial charge in [-0.2, -0.15) is 0 Å². The Morgan fingerprint density at radius 3 is 2.44 bits per heavy atom. The van der Waals surface area contributed by atoms with Crippen molar-refractivity contribution >= 4 is 9.84 Å². The largest absolute Gasteiger partial charge is 0.224 e. The zero-order chi connectivity index (χ0) is 11.9. The lowest BCUT2D eigenvalue weighted by Crippen LogP contribution is -2.06. The zero-order valence-electron chi connectivity index (χ0n) is 9.44. The average molecular weight is 236 g/mol. The molecule has 1 aromatic carbocycles. The number of benzene rings is 1. The fraction of sp³-hybridized carbons (Fsp3) is 0.385. The first kappa shape index (κ1) is 12.8. The van der Waals surface area contributed by atoms with Crippen molar-refractivity contribution in [3.05, 3.63) is 30.3 Å². The molecule has 2 nitrogen and oxygen atoms in total. The predicted octanol–water partition coefficient (Wildman–Crippen LogP) is 2.65. The van der Waals surface area contributed by atoms with Gasteiger partial charge < -0.3 is 0 Å². The Labute approximate surface area is 97.6 Å². The first-order valence-electron chi connectivity index (χ1n) is 5.40. The highest BCUT2D eigenvalue weighted by Crippen LogP contribution is 2.11. The van der Waals surface area contributed by atoms with E-state index in [9.17, 15) is 8.42 Å². The fourth-order valence-electron chi connectivity index (χ4n) is 1.31. The van der Waals surface area contributed by atoms with E-state index in [1.54, 1.807) is 24.3 Å². The highest BCUT2D eigenvalue weighted by molar-refractivity contribution is 7.91. The third-order valence-corrected chi connectivity index (χ3v) is 3.94. The van der Waals surface area contributed by atoms with Crippen LogP contribution >= 0.6 is 0 Å². The van der Waals surface area contributed by atoms with E-state index >= 15 is 0 Å². The topological polar surface area (TPSA) is 34.1 Å². The maximum absolute atomic E-state index is 11.8. The smallest absolute Gasteiger partial charge is 0.178 e. The summed E-state index contributed by atoms with van der Waals surface area (Å²) in [6.07, 6.45) is 2.08. The van der Waals surface area contributed by atoms with Gasteiger partial charge in [0, 0.05) is 12.8 Å². The molecule has 0 heterocycles. The molecular formula is C13H16O2S. The first-order valence-corrected chi connectivity index (χ1v) is 7.05. The van der Waals surface area contributed by atoms with E-state index < -0.39 is 9.84 Å². The summed E-state index contributed by atoms with van der Waals surface area (Å²) in [4.78, 5) is 0.401. The molecular weight excluding hydrogens is 220 g/mol. The molecule has 0 saturated carbocycles. The van der Waals surface area contributed by atoms with Gasteiger partial charge >= 0.3 is 0 Å². The second kappa shape index (κ2) is 6.34. The maximum atomic E-state index is 11.8. The van der Waals surface area contributed by atoms with E-state index in [1.165, 1.54) is 0 Å². The molecule has 0 bridgehead atoms. The summed E-state index contributed by atoms with van der Waals surface area (Å²) in [6.45, 7) is 1.98. The quantitative estimate of drug-likeness (QED) is 0.595. The molecule has 0 N–H and O–H groups in total. The van der Waals surface area contributed by atoms with Crippen LogP contribution in [0.15, 0.2) is 35.2 Å². The minimum Gasteiger partial charge on any atom is -0.224 e. The van der Waals surface area contributed by atoms with E-state index in [0.29, 0.717) is 17.7 Å². The van der Waals surface area contributed by atoms with Gasteiger partial charge in [0.15, 0.2) is 9.84 Å². The molecule has 0 radical (unpaired) electrons. The van der Waals surface area contributed by atoms with Crippen LogP contribution in [0.4, 0.5) is 0 Å². The van der Waals surface area contributed by atoms with Crippen LogP contribution in [0.1, 0.15) is 26.2 Å². The Bertz CT molecular complexity index is 464. The van der Waals surface area contributed by atoms with Gasteiger partial charge in [0.1, 0.15) is 0 Å². The van der Waals surface area contributed by atoms with Crippen molar-refractivity contribution < 1.29 is 8.42 Å². The van der Waals surface area contributed by atoms with E-state index in [0.717, 1.165) is 6.42 Å². The number of hydrogen-bond acceptors (Lipinski definition) is 2. The van der Waals surface area contributed by atoms with Crippen molar-refractivity contribution in [1.29, 1.82) is 0 Å². The highest BCUT2D eigenvalue weighted by Gasteiger charge is 2.12.